The Morgan fingerprint density at radius 2 is 2.09 bits per heavy atom. The van der Waals surface area contributed by atoms with Crippen LogP contribution in [-0.4, -0.2) is 45.8 Å². The number of hydrogen-bond donors (Lipinski definition) is 1. The molecule has 1 aliphatic heterocycles. The first-order valence-corrected chi connectivity index (χ1v) is 7.92. The van der Waals surface area contributed by atoms with E-state index in [9.17, 15) is 9.59 Å². The van der Waals surface area contributed by atoms with Gasteiger partial charge in [0.15, 0.2) is 0 Å². The van der Waals surface area contributed by atoms with Crippen molar-refractivity contribution in [3.8, 4) is 0 Å². The molecule has 0 spiro atoms. The molecular formula is C16H24N4O2. The third-order valence-electron chi connectivity index (χ3n) is 3.89. The van der Waals surface area contributed by atoms with E-state index >= 15 is 0 Å². The summed E-state index contributed by atoms with van der Waals surface area (Å²) in [4.78, 5) is 34.0. The monoisotopic (exact) mass is 304 g/mol. The number of carbonyl (C=O) groups is 2. The van der Waals surface area contributed by atoms with Gasteiger partial charge in [-0.15, -0.1) is 0 Å². The normalized spacial score (nSPS) is 19.1. The van der Waals surface area contributed by atoms with Gasteiger partial charge in [-0.3, -0.25) is 9.59 Å². The molecule has 1 atom stereocenters. The Labute approximate surface area is 131 Å². The van der Waals surface area contributed by atoms with Crippen LogP contribution in [0.1, 0.15) is 50.1 Å². The van der Waals surface area contributed by atoms with Gasteiger partial charge in [0.1, 0.15) is 0 Å². The summed E-state index contributed by atoms with van der Waals surface area (Å²) >= 11 is 0. The Morgan fingerprint density at radius 1 is 1.36 bits per heavy atom. The summed E-state index contributed by atoms with van der Waals surface area (Å²) in [6.07, 6.45) is 6.05. The number of hydrogen-bond acceptors (Lipinski definition) is 4. The SMILES string of the molecule is CC(C)CCN1CCC(NC(=O)c2ncccn2)CCC1=O. The minimum Gasteiger partial charge on any atom is -0.347 e. The van der Waals surface area contributed by atoms with Gasteiger partial charge in [-0.2, -0.15) is 0 Å². The second-order valence-electron chi connectivity index (χ2n) is 6.13. The Bertz CT molecular complexity index is 504. The average molecular weight is 304 g/mol. The van der Waals surface area contributed by atoms with Crippen LogP contribution in [-0.2, 0) is 4.79 Å². The van der Waals surface area contributed by atoms with E-state index in [2.05, 4.69) is 29.1 Å². The van der Waals surface area contributed by atoms with Crippen LogP contribution >= 0.6 is 0 Å². The predicted molar refractivity (Wildman–Crippen MR) is 83.2 cm³/mol. The van der Waals surface area contributed by atoms with Gasteiger partial charge >= 0.3 is 0 Å². The maximum Gasteiger partial charge on any atom is 0.289 e. The Morgan fingerprint density at radius 3 is 2.77 bits per heavy atom. The molecule has 1 saturated heterocycles. The Balaban J connectivity index is 1.87. The van der Waals surface area contributed by atoms with Crippen molar-refractivity contribution in [2.45, 2.75) is 45.6 Å². The summed E-state index contributed by atoms with van der Waals surface area (Å²) in [7, 11) is 0. The summed E-state index contributed by atoms with van der Waals surface area (Å²) in [5, 5.41) is 2.94. The molecule has 1 aliphatic rings. The molecule has 120 valence electrons. The average Bonchev–Trinajstić information content (AvgIpc) is 2.68. The van der Waals surface area contributed by atoms with E-state index in [-0.39, 0.29) is 23.7 Å². The van der Waals surface area contributed by atoms with Gasteiger partial charge in [0.05, 0.1) is 0 Å². The zero-order chi connectivity index (χ0) is 15.9. The Kier molecular flexibility index (Phi) is 5.86. The molecule has 6 nitrogen and oxygen atoms in total. The number of nitrogens with one attached hydrogen (secondary N) is 1. The highest BCUT2D eigenvalue weighted by Gasteiger charge is 2.24. The fourth-order valence-electron chi connectivity index (χ4n) is 2.50. The standard InChI is InChI=1S/C16H24N4O2/c1-12(2)6-10-20-11-7-13(4-5-14(20)21)19-16(22)15-17-8-3-9-18-15/h3,8-9,12-13H,4-7,10-11H2,1-2H3,(H,19,22). The summed E-state index contributed by atoms with van der Waals surface area (Å²) in [6.45, 7) is 5.82. The molecule has 0 aromatic carbocycles. The van der Waals surface area contributed by atoms with Crippen LogP contribution in [0.2, 0.25) is 0 Å². The lowest BCUT2D eigenvalue weighted by molar-refractivity contribution is -0.130. The lowest BCUT2D eigenvalue weighted by Gasteiger charge is -2.22. The number of rotatable bonds is 5. The highest BCUT2D eigenvalue weighted by atomic mass is 16.2. The maximum absolute atomic E-state index is 12.1. The summed E-state index contributed by atoms with van der Waals surface area (Å²) in [6, 6.07) is 1.68. The highest BCUT2D eigenvalue weighted by Crippen LogP contribution is 2.14. The van der Waals surface area contributed by atoms with Crippen molar-refractivity contribution in [1.82, 2.24) is 20.2 Å². The van der Waals surface area contributed by atoms with E-state index in [1.165, 1.54) is 0 Å². The zero-order valence-electron chi connectivity index (χ0n) is 13.3. The van der Waals surface area contributed by atoms with E-state index in [4.69, 9.17) is 0 Å². The molecule has 2 heterocycles. The fourth-order valence-corrected chi connectivity index (χ4v) is 2.50. The number of amides is 2. The van der Waals surface area contributed by atoms with Crippen LogP contribution < -0.4 is 5.32 Å². The van der Waals surface area contributed by atoms with Crippen LogP contribution in [0.3, 0.4) is 0 Å². The first kappa shape index (κ1) is 16.4. The van der Waals surface area contributed by atoms with Gasteiger partial charge in [-0.1, -0.05) is 13.8 Å². The van der Waals surface area contributed by atoms with Crippen molar-refractivity contribution in [2.24, 2.45) is 5.92 Å². The quantitative estimate of drug-likeness (QED) is 0.897. The van der Waals surface area contributed by atoms with Crippen molar-refractivity contribution < 1.29 is 9.59 Å². The number of carbonyl (C=O) groups excluding carboxylic acids is 2. The molecule has 6 heteroatoms. The molecule has 2 amide bonds. The topological polar surface area (TPSA) is 75.2 Å². The van der Waals surface area contributed by atoms with Crippen LogP contribution in [0.5, 0.6) is 0 Å². The molecule has 2 rings (SSSR count). The molecule has 1 fully saturated rings. The molecule has 1 N–H and O–H groups in total. The van der Waals surface area contributed by atoms with Crippen molar-refractivity contribution in [3.63, 3.8) is 0 Å². The predicted octanol–water partition coefficient (Wildman–Crippen LogP) is 1.63. The van der Waals surface area contributed by atoms with E-state index in [1.54, 1.807) is 18.5 Å². The first-order chi connectivity index (χ1) is 10.6. The van der Waals surface area contributed by atoms with Gasteiger partial charge in [-0.05, 0) is 31.2 Å². The third kappa shape index (κ3) is 4.79. The van der Waals surface area contributed by atoms with E-state index in [0.717, 1.165) is 19.4 Å². The summed E-state index contributed by atoms with van der Waals surface area (Å²) in [5.41, 5.74) is 0. The van der Waals surface area contributed by atoms with Gasteiger partial charge < -0.3 is 10.2 Å². The highest BCUT2D eigenvalue weighted by molar-refractivity contribution is 5.90. The second kappa shape index (κ2) is 7.87. The molecule has 0 radical (unpaired) electrons. The van der Waals surface area contributed by atoms with Crippen molar-refractivity contribution in [3.05, 3.63) is 24.3 Å². The minimum atomic E-state index is -0.270. The lowest BCUT2D eigenvalue weighted by Crippen LogP contribution is -2.37. The molecule has 22 heavy (non-hydrogen) atoms. The van der Waals surface area contributed by atoms with E-state index in [0.29, 0.717) is 25.3 Å². The van der Waals surface area contributed by atoms with Crippen LogP contribution in [0.4, 0.5) is 0 Å². The fraction of sp³-hybridized carbons (Fsp3) is 0.625. The zero-order valence-corrected chi connectivity index (χ0v) is 13.3. The second-order valence-corrected chi connectivity index (χ2v) is 6.13. The van der Waals surface area contributed by atoms with E-state index < -0.39 is 0 Å². The third-order valence-corrected chi connectivity index (χ3v) is 3.89. The largest absolute Gasteiger partial charge is 0.347 e. The van der Waals surface area contributed by atoms with Gasteiger partial charge in [0, 0.05) is 37.9 Å². The first-order valence-electron chi connectivity index (χ1n) is 7.92. The van der Waals surface area contributed by atoms with Crippen molar-refractivity contribution in [1.29, 1.82) is 0 Å². The number of likely N-dealkylation sites (tertiary alicyclic amines) is 1. The van der Waals surface area contributed by atoms with Gasteiger partial charge in [0.25, 0.3) is 5.91 Å². The minimum absolute atomic E-state index is 0.00399. The molecule has 1 unspecified atom stereocenters. The number of nitrogens with zero attached hydrogens (tertiary/aromatic N) is 3. The van der Waals surface area contributed by atoms with Gasteiger partial charge in [0.2, 0.25) is 11.7 Å². The van der Waals surface area contributed by atoms with E-state index in [1.807, 2.05) is 4.90 Å². The molecule has 0 aliphatic carbocycles. The summed E-state index contributed by atoms with van der Waals surface area (Å²) in [5.74, 6) is 0.679. The molecular weight excluding hydrogens is 280 g/mol. The Hall–Kier alpha value is -1.98. The molecule has 0 bridgehead atoms. The smallest absolute Gasteiger partial charge is 0.289 e. The number of aromatic nitrogens is 2. The molecule has 1 aromatic heterocycles. The van der Waals surface area contributed by atoms with Crippen molar-refractivity contribution in [2.75, 3.05) is 13.1 Å². The molecule has 1 aromatic rings. The lowest BCUT2D eigenvalue weighted by atomic mass is 10.1. The molecule has 0 saturated carbocycles. The maximum atomic E-state index is 12.1. The van der Waals surface area contributed by atoms with Crippen LogP contribution in [0.25, 0.3) is 0 Å². The van der Waals surface area contributed by atoms with Crippen LogP contribution in [0, 0.1) is 5.92 Å². The van der Waals surface area contributed by atoms with Crippen LogP contribution in [0.15, 0.2) is 18.5 Å². The van der Waals surface area contributed by atoms with Gasteiger partial charge in [-0.25, -0.2) is 9.97 Å². The summed E-state index contributed by atoms with van der Waals surface area (Å²) < 4.78 is 0. The van der Waals surface area contributed by atoms with Crippen molar-refractivity contribution >= 4 is 11.8 Å².